The van der Waals surface area contributed by atoms with Gasteiger partial charge in [-0.2, -0.15) is 10.1 Å². The second kappa shape index (κ2) is 5.37. The minimum atomic E-state index is -1.03. The number of aliphatic carboxylic acids is 1. The summed E-state index contributed by atoms with van der Waals surface area (Å²) in [6.07, 6.45) is 1.62. The first kappa shape index (κ1) is 13.3. The van der Waals surface area contributed by atoms with Gasteiger partial charge in [0.05, 0.1) is 0 Å². The summed E-state index contributed by atoms with van der Waals surface area (Å²) in [6.45, 7) is 0.269. The number of allylic oxidation sites excluding steroid dienone is 1. The number of ether oxygens (including phenoxy) is 1. The van der Waals surface area contributed by atoms with Crippen LogP contribution in [-0.2, 0) is 16.1 Å². The van der Waals surface area contributed by atoms with Crippen molar-refractivity contribution in [3.63, 3.8) is 0 Å². The molecule has 1 unspecified atom stereocenters. The Balaban J connectivity index is 2.07. The molecule has 2 heterocycles. The molecule has 0 saturated heterocycles. The first-order valence-electron chi connectivity index (χ1n) is 6.40. The van der Waals surface area contributed by atoms with Gasteiger partial charge in [0, 0.05) is 7.11 Å². The molecule has 2 N–H and O–H groups in total. The van der Waals surface area contributed by atoms with Crippen molar-refractivity contribution in [1.29, 1.82) is 0 Å². The van der Waals surface area contributed by atoms with Gasteiger partial charge in [-0.25, -0.2) is 9.48 Å². The molecule has 108 valence electrons. The van der Waals surface area contributed by atoms with E-state index in [9.17, 15) is 9.90 Å². The van der Waals surface area contributed by atoms with Crippen LogP contribution in [0.25, 0.3) is 0 Å². The molecular weight excluding hydrogens is 272 g/mol. The van der Waals surface area contributed by atoms with E-state index in [0.717, 1.165) is 5.56 Å². The molecule has 7 heteroatoms. The lowest BCUT2D eigenvalue weighted by Gasteiger charge is -2.22. The van der Waals surface area contributed by atoms with Gasteiger partial charge in [-0.15, -0.1) is 0 Å². The Labute approximate surface area is 120 Å². The molecule has 7 nitrogen and oxygen atoms in total. The van der Waals surface area contributed by atoms with Crippen molar-refractivity contribution in [3.8, 4) is 0 Å². The third-order valence-corrected chi connectivity index (χ3v) is 3.15. The Morgan fingerprint density at radius 2 is 2.19 bits per heavy atom. The molecule has 1 aliphatic heterocycles. The van der Waals surface area contributed by atoms with Crippen molar-refractivity contribution in [1.82, 2.24) is 14.8 Å². The van der Waals surface area contributed by atoms with Crippen molar-refractivity contribution in [2.45, 2.75) is 12.6 Å². The fourth-order valence-corrected chi connectivity index (χ4v) is 2.24. The molecule has 0 bridgehead atoms. The fourth-order valence-electron chi connectivity index (χ4n) is 2.24. The lowest BCUT2D eigenvalue weighted by molar-refractivity contribution is -0.132. The number of anilines is 1. The van der Waals surface area contributed by atoms with Crippen molar-refractivity contribution >= 4 is 11.9 Å². The summed E-state index contributed by atoms with van der Waals surface area (Å²) in [4.78, 5) is 15.5. The number of carboxylic acid groups (broad SMARTS) is 1. The maximum absolute atomic E-state index is 11.3. The summed E-state index contributed by atoms with van der Waals surface area (Å²) < 4.78 is 6.68. The Morgan fingerprint density at radius 1 is 1.43 bits per heavy atom. The molecule has 0 saturated carbocycles. The second-order valence-electron chi connectivity index (χ2n) is 4.60. The highest BCUT2D eigenvalue weighted by atomic mass is 16.5. The number of hydrogen-bond acceptors (Lipinski definition) is 5. The summed E-state index contributed by atoms with van der Waals surface area (Å²) in [7, 11) is 1.56. The number of carboxylic acids is 1. The van der Waals surface area contributed by atoms with Crippen LogP contribution < -0.4 is 5.32 Å². The number of rotatable bonds is 4. The van der Waals surface area contributed by atoms with Gasteiger partial charge in [-0.05, 0) is 11.6 Å². The molecule has 0 spiro atoms. The van der Waals surface area contributed by atoms with E-state index in [2.05, 4.69) is 15.4 Å². The maximum Gasteiger partial charge on any atom is 0.352 e. The first-order valence-corrected chi connectivity index (χ1v) is 6.40. The summed E-state index contributed by atoms with van der Waals surface area (Å²) in [5.41, 5.74) is 1.03. The molecule has 1 aliphatic rings. The minimum absolute atomic E-state index is 0.0905. The number of carbonyl (C=O) groups is 1. The summed E-state index contributed by atoms with van der Waals surface area (Å²) >= 11 is 0. The van der Waals surface area contributed by atoms with Gasteiger partial charge in [0.15, 0.2) is 5.82 Å². The van der Waals surface area contributed by atoms with Crippen LogP contribution in [0.2, 0.25) is 0 Å². The smallest absolute Gasteiger partial charge is 0.352 e. The topological polar surface area (TPSA) is 89.3 Å². The third kappa shape index (κ3) is 2.50. The Kier molecular flexibility index (Phi) is 3.41. The average Bonchev–Trinajstić information content (AvgIpc) is 2.89. The zero-order valence-electron chi connectivity index (χ0n) is 11.4. The van der Waals surface area contributed by atoms with Gasteiger partial charge >= 0.3 is 5.97 Å². The van der Waals surface area contributed by atoms with Crippen LogP contribution in [0.1, 0.15) is 17.4 Å². The molecule has 0 amide bonds. The molecule has 0 aliphatic carbocycles. The van der Waals surface area contributed by atoms with E-state index in [0.29, 0.717) is 11.8 Å². The van der Waals surface area contributed by atoms with Crippen LogP contribution in [-0.4, -0.2) is 33.0 Å². The average molecular weight is 286 g/mol. The third-order valence-electron chi connectivity index (χ3n) is 3.15. The standard InChI is InChI=1S/C14H14N4O3/c1-21-8-12-16-14-15-10(13(19)20)7-11(18(14)17-12)9-5-3-2-4-6-9/h2-7,11H,8H2,1H3,(H,19,20)(H,15,16,17). The van der Waals surface area contributed by atoms with Crippen LogP contribution in [0.15, 0.2) is 42.1 Å². The number of benzene rings is 1. The Hall–Kier alpha value is -2.67. The highest BCUT2D eigenvalue weighted by Gasteiger charge is 2.26. The maximum atomic E-state index is 11.3. The lowest BCUT2D eigenvalue weighted by Crippen LogP contribution is -2.24. The van der Waals surface area contributed by atoms with E-state index in [4.69, 9.17) is 4.74 Å². The molecule has 2 aromatic rings. The van der Waals surface area contributed by atoms with E-state index in [1.165, 1.54) is 0 Å². The molecule has 3 rings (SSSR count). The molecule has 21 heavy (non-hydrogen) atoms. The lowest BCUT2D eigenvalue weighted by atomic mass is 10.0. The van der Waals surface area contributed by atoms with Gasteiger partial charge in [-0.3, -0.25) is 0 Å². The molecule has 0 fully saturated rings. The zero-order chi connectivity index (χ0) is 14.8. The van der Waals surface area contributed by atoms with Crippen molar-refractivity contribution in [2.75, 3.05) is 12.4 Å². The molecule has 1 aromatic heterocycles. The molecule has 1 aromatic carbocycles. The summed E-state index contributed by atoms with van der Waals surface area (Å²) in [5, 5.41) is 16.4. The predicted octanol–water partition coefficient (Wildman–Crippen LogP) is 1.41. The van der Waals surface area contributed by atoms with Gasteiger partial charge in [0.25, 0.3) is 0 Å². The van der Waals surface area contributed by atoms with Crippen LogP contribution in [0.5, 0.6) is 0 Å². The number of fused-ring (bicyclic) bond motifs is 1. The monoisotopic (exact) mass is 286 g/mol. The van der Waals surface area contributed by atoms with Crippen LogP contribution in [0.3, 0.4) is 0 Å². The quantitative estimate of drug-likeness (QED) is 0.883. The SMILES string of the molecule is COCc1nc2n(n1)C(c1ccccc1)C=C(C(=O)O)N2. The largest absolute Gasteiger partial charge is 0.477 e. The van der Waals surface area contributed by atoms with E-state index in [-0.39, 0.29) is 18.3 Å². The highest BCUT2D eigenvalue weighted by molar-refractivity contribution is 5.90. The normalized spacial score (nSPS) is 16.8. The number of nitrogens with one attached hydrogen (secondary N) is 1. The van der Waals surface area contributed by atoms with Gasteiger partial charge in [-0.1, -0.05) is 30.3 Å². The van der Waals surface area contributed by atoms with Gasteiger partial charge < -0.3 is 15.2 Å². The first-order chi connectivity index (χ1) is 10.2. The summed E-state index contributed by atoms with van der Waals surface area (Å²) in [6, 6.07) is 9.24. The Morgan fingerprint density at radius 3 is 2.86 bits per heavy atom. The zero-order valence-corrected chi connectivity index (χ0v) is 11.4. The second-order valence-corrected chi connectivity index (χ2v) is 4.60. The number of aromatic nitrogens is 3. The molecular formula is C14H14N4O3. The number of hydrogen-bond donors (Lipinski definition) is 2. The highest BCUT2D eigenvalue weighted by Crippen LogP contribution is 2.28. The van der Waals surface area contributed by atoms with Crippen molar-refractivity contribution in [2.24, 2.45) is 0 Å². The van der Waals surface area contributed by atoms with Crippen LogP contribution in [0, 0.1) is 0 Å². The van der Waals surface area contributed by atoms with Crippen molar-refractivity contribution < 1.29 is 14.6 Å². The summed E-state index contributed by atoms with van der Waals surface area (Å²) in [5.74, 6) is -0.129. The Bertz CT molecular complexity index is 693. The molecule has 1 atom stereocenters. The van der Waals surface area contributed by atoms with E-state index in [1.54, 1.807) is 17.9 Å². The van der Waals surface area contributed by atoms with Crippen LogP contribution in [0.4, 0.5) is 5.95 Å². The van der Waals surface area contributed by atoms with Gasteiger partial charge in [0.2, 0.25) is 5.95 Å². The van der Waals surface area contributed by atoms with E-state index in [1.807, 2.05) is 30.3 Å². The van der Waals surface area contributed by atoms with Gasteiger partial charge in [0.1, 0.15) is 18.3 Å². The minimum Gasteiger partial charge on any atom is -0.477 e. The van der Waals surface area contributed by atoms with Crippen LogP contribution >= 0.6 is 0 Å². The van der Waals surface area contributed by atoms with E-state index < -0.39 is 5.97 Å². The predicted molar refractivity (Wildman–Crippen MR) is 74.7 cm³/mol. The van der Waals surface area contributed by atoms with Crippen molar-refractivity contribution in [3.05, 3.63) is 53.5 Å². The molecule has 0 radical (unpaired) electrons. The fraction of sp³-hybridized carbons (Fsp3) is 0.214. The van der Waals surface area contributed by atoms with E-state index >= 15 is 0 Å². The number of nitrogens with zero attached hydrogens (tertiary/aromatic N) is 3. The number of methoxy groups -OCH3 is 1.